The van der Waals surface area contributed by atoms with Crippen molar-refractivity contribution in [3.63, 3.8) is 0 Å². The predicted molar refractivity (Wildman–Crippen MR) is 60.2 cm³/mol. The van der Waals surface area contributed by atoms with Gasteiger partial charge in [0.15, 0.2) is 0 Å². The number of halogens is 1. The second-order valence-electron chi connectivity index (χ2n) is 3.37. The van der Waals surface area contributed by atoms with Crippen LogP contribution in [0.2, 0.25) is 0 Å². The van der Waals surface area contributed by atoms with Gasteiger partial charge in [0.05, 0.1) is 5.69 Å². The number of hydrogen-bond acceptors (Lipinski definition) is 4. The van der Waals surface area contributed by atoms with Crippen LogP contribution in [0.4, 0.5) is 0 Å². The van der Waals surface area contributed by atoms with Gasteiger partial charge in [0.2, 0.25) is 0 Å². The Bertz CT molecular complexity index is 428. The molecule has 0 saturated carbocycles. The molecule has 84 valence electrons. The summed E-state index contributed by atoms with van der Waals surface area (Å²) in [6.45, 7) is 0.550. The Morgan fingerprint density at radius 1 is 1.25 bits per heavy atom. The second-order valence-corrected chi connectivity index (χ2v) is 3.74. The lowest BCUT2D eigenvalue weighted by Gasteiger charge is -1.97. The van der Waals surface area contributed by atoms with Crippen LogP contribution in [-0.2, 0) is 13.0 Å². The molecule has 0 saturated heterocycles. The van der Waals surface area contributed by atoms with Gasteiger partial charge in [-0.3, -0.25) is 0 Å². The van der Waals surface area contributed by atoms with Crippen molar-refractivity contribution in [3.8, 4) is 0 Å². The fraction of sp³-hybridized carbons (Fsp3) is 0.400. The molecule has 6 heteroatoms. The van der Waals surface area contributed by atoms with E-state index in [2.05, 4.69) is 20.3 Å². The number of rotatable bonds is 5. The van der Waals surface area contributed by atoms with Crippen molar-refractivity contribution >= 4 is 11.6 Å². The summed E-state index contributed by atoms with van der Waals surface area (Å²) in [5.74, 6) is 1.38. The van der Waals surface area contributed by atoms with Gasteiger partial charge in [-0.2, -0.15) is 0 Å². The van der Waals surface area contributed by atoms with Crippen molar-refractivity contribution in [2.45, 2.75) is 19.4 Å². The summed E-state index contributed by atoms with van der Waals surface area (Å²) < 4.78 is 1.74. The van der Waals surface area contributed by atoms with Crippen LogP contribution >= 0.6 is 11.6 Å². The molecule has 0 radical (unpaired) electrons. The zero-order valence-corrected chi connectivity index (χ0v) is 9.51. The Labute approximate surface area is 98.5 Å². The van der Waals surface area contributed by atoms with Crippen LogP contribution in [-0.4, -0.2) is 30.8 Å². The maximum atomic E-state index is 5.61. The molecule has 2 heterocycles. The maximum Gasteiger partial charge on any atom is 0.149 e. The zero-order chi connectivity index (χ0) is 11.2. The average molecular weight is 238 g/mol. The molecule has 0 N–H and O–H groups in total. The third-order valence-electron chi connectivity index (χ3n) is 2.08. The number of aryl methyl sites for hydroxylation is 1. The van der Waals surface area contributed by atoms with E-state index in [1.54, 1.807) is 23.1 Å². The topological polar surface area (TPSA) is 56.5 Å². The summed E-state index contributed by atoms with van der Waals surface area (Å²) >= 11 is 5.61. The highest BCUT2D eigenvalue weighted by Crippen LogP contribution is 2.00. The van der Waals surface area contributed by atoms with Gasteiger partial charge in [-0.25, -0.2) is 14.6 Å². The molecule has 0 aliphatic carbocycles. The summed E-state index contributed by atoms with van der Waals surface area (Å²) in [4.78, 5) is 8.25. The van der Waals surface area contributed by atoms with Crippen LogP contribution in [0.5, 0.6) is 0 Å². The molecule has 0 fully saturated rings. The quantitative estimate of drug-likeness (QED) is 0.736. The molecule has 16 heavy (non-hydrogen) atoms. The van der Waals surface area contributed by atoms with Gasteiger partial charge in [-0.15, -0.1) is 16.7 Å². The SMILES string of the molecule is ClCCCc1cn(Cc2ncccn2)nn1. The highest BCUT2D eigenvalue weighted by molar-refractivity contribution is 6.17. The average Bonchev–Trinajstić information content (AvgIpc) is 2.75. The fourth-order valence-corrected chi connectivity index (χ4v) is 1.47. The van der Waals surface area contributed by atoms with E-state index in [0.717, 1.165) is 24.4 Å². The Balaban J connectivity index is 1.97. The first-order chi connectivity index (χ1) is 7.88. The molecular weight excluding hydrogens is 226 g/mol. The molecule has 2 aromatic heterocycles. The number of alkyl halides is 1. The molecule has 0 aliphatic rings. The second kappa shape index (κ2) is 5.55. The van der Waals surface area contributed by atoms with Crippen molar-refractivity contribution in [1.82, 2.24) is 25.0 Å². The van der Waals surface area contributed by atoms with Crippen molar-refractivity contribution in [2.75, 3.05) is 5.88 Å². The number of nitrogens with zero attached hydrogens (tertiary/aromatic N) is 5. The molecular formula is C10H12ClN5. The fourth-order valence-electron chi connectivity index (χ4n) is 1.33. The Hall–Kier alpha value is -1.49. The van der Waals surface area contributed by atoms with E-state index in [4.69, 9.17) is 11.6 Å². The largest absolute Gasteiger partial charge is 0.245 e. The summed E-state index contributed by atoms with van der Waals surface area (Å²) in [5.41, 5.74) is 0.955. The summed E-state index contributed by atoms with van der Waals surface area (Å²) in [6.07, 6.45) is 7.12. The van der Waals surface area contributed by atoms with Crippen LogP contribution in [0.1, 0.15) is 17.9 Å². The highest BCUT2D eigenvalue weighted by atomic mass is 35.5. The summed E-state index contributed by atoms with van der Waals surface area (Å²) in [5, 5.41) is 8.06. The summed E-state index contributed by atoms with van der Waals surface area (Å²) in [6, 6.07) is 1.79. The Morgan fingerprint density at radius 2 is 2.06 bits per heavy atom. The lowest BCUT2D eigenvalue weighted by molar-refractivity contribution is 0.624. The van der Waals surface area contributed by atoms with Gasteiger partial charge in [0.25, 0.3) is 0 Å². The first-order valence-corrected chi connectivity index (χ1v) is 5.63. The van der Waals surface area contributed by atoms with Gasteiger partial charge in [-0.05, 0) is 18.9 Å². The van der Waals surface area contributed by atoms with Gasteiger partial charge in [0, 0.05) is 24.5 Å². The van der Waals surface area contributed by atoms with Crippen LogP contribution in [0, 0.1) is 0 Å². The predicted octanol–water partition coefficient (Wildman–Crippen LogP) is 1.29. The molecule has 0 atom stereocenters. The lowest BCUT2D eigenvalue weighted by atomic mass is 10.3. The van der Waals surface area contributed by atoms with Gasteiger partial charge >= 0.3 is 0 Å². The third kappa shape index (κ3) is 3.00. The molecule has 0 unspecified atom stereocenters. The minimum absolute atomic E-state index is 0.550. The molecule has 0 spiro atoms. The minimum Gasteiger partial charge on any atom is -0.245 e. The van der Waals surface area contributed by atoms with E-state index in [1.165, 1.54) is 0 Å². The number of aromatic nitrogens is 5. The zero-order valence-electron chi connectivity index (χ0n) is 8.75. The van der Waals surface area contributed by atoms with E-state index in [-0.39, 0.29) is 0 Å². The standard InChI is InChI=1S/C10H12ClN5/c11-4-1-3-9-7-16(15-14-9)8-10-12-5-2-6-13-10/h2,5-7H,1,3-4,8H2. The van der Waals surface area contributed by atoms with E-state index >= 15 is 0 Å². The molecule has 2 rings (SSSR count). The summed E-state index contributed by atoms with van der Waals surface area (Å²) in [7, 11) is 0. The molecule has 0 aliphatic heterocycles. The van der Waals surface area contributed by atoms with E-state index in [9.17, 15) is 0 Å². The van der Waals surface area contributed by atoms with E-state index < -0.39 is 0 Å². The molecule has 5 nitrogen and oxygen atoms in total. The Kier molecular flexibility index (Phi) is 3.82. The van der Waals surface area contributed by atoms with Crippen LogP contribution in [0.3, 0.4) is 0 Å². The lowest BCUT2D eigenvalue weighted by Crippen LogP contribution is -2.04. The van der Waals surface area contributed by atoms with Crippen LogP contribution in [0.15, 0.2) is 24.7 Å². The van der Waals surface area contributed by atoms with Crippen LogP contribution < -0.4 is 0 Å². The monoisotopic (exact) mass is 237 g/mol. The first-order valence-electron chi connectivity index (χ1n) is 5.09. The molecule has 0 bridgehead atoms. The molecule has 2 aromatic rings. The van der Waals surface area contributed by atoms with Crippen molar-refractivity contribution in [1.29, 1.82) is 0 Å². The van der Waals surface area contributed by atoms with Crippen molar-refractivity contribution in [3.05, 3.63) is 36.2 Å². The number of hydrogen-bond donors (Lipinski definition) is 0. The highest BCUT2D eigenvalue weighted by Gasteiger charge is 2.02. The van der Waals surface area contributed by atoms with Gasteiger partial charge < -0.3 is 0 Å². The third-order valence-corrected chi connectivity index (χ3v) is 2.34. The minimum atomic E-state index is 0.550. The Morgan fingerprint density at radius 3 is 2.81 bits per heavy atom. The smallest absolute Gasteiger partial charge is 0.149 e. The van der Waals surface area contributed by atoms with E-state index in [0.29, 0.717) is 12.4 Å². The first kappa shape index (κ1) is 11.0. The van der Waals surface area contributed by atoms with E-state index in [1.807, 2.05) is 6.20 Å². The maximum absolute atomic E-state index is 5.61. The van der Waals surface area contributed by atoms with Crippen molar-refractivity contribution in [2.24, 2.45) is 0 Å². The normalized spacial score (nSPS) is 10.6. The molecule has 0 aromatic carbocycles. The molecule has 0 amide bonds. The van der Waals surface area contributed by atoms with Crippen molar-refractivity contribution < 1.29 is 0 Å². The van der Waals surface area contributed by atoms with Gasteiger partial charge in [0.1, 0.15) is 12.4 Å². The van der Waals surface area contributed by atoms with Gasteiger partial charge in [-0.1, -0.05) is 5.21 Å². The van der Waals surface area contributed by atoms with Crippen LogP contribution in [0.25, 0.3) is 0 Å².